The fraction of sp³-hybridized carbons (Fsp3) is 0.643. The minimum absolute atomic E-state index is 0.0508. The van der Waals surface area contributed by atoms with Gasteiger partial charge in [0.1, 0.15) is 20.4 Å². The number of hydrogen-bond acceptors (Lipinski definition) is 9. The van der Waals surface area contributed by atoms with E-state index in [4.69, 9.17) is 21.9 Å². The maximum Gasteiger partial charge on any atom is 0.508 e. The largest absolute Gasteiger partial charge is 0.508 e. The van der Waals surface area contributed by atoms with Crippen LogP contribution < -0.4 is 15.9 Å². The molecule has 15 heteroatoms. The van der Waals surface area contributed by atoms with E-state index in [2.05, 4.69) is 20.8 Å². The first kappa shape index (κ1) is 22.9. The molecule has 2 rings (SSSR count). The summed E-state index contributed by atoms with van der Waals surface area (Å²) in [5, 5.41) is 37.6. The Labute approximate surface area is 169 Å². The Hall–Kier alpha value is -2.38. The van der Waals surface area contributed by atoms with Crippen molar-refractivity contribution in [1.82, 2.24) is 15.9 Å². The van der Waals surface area contributed by atoms with E-state index in [0.717, 1.165) is 0 Å². The molecule has 2 unspecified atom stereocenters. The molecule has 156 valence electrons. The molecule has 0 bridgehead atoms. The van der Waals surface area contributed by atoms with Crippen LogP contribution >= 0.6 is 0 Å². The van der Waals surface area contributed by atoms with Crippen molar-refractivity contribution >= 4 is 39.8 Å². The summed E-state index contributed by atoms with van der Waals surface area (Å²) in [6, 6.07) is -1.55. The van der Waals surface area contributed by atoms with Gasteiger partial charge in [0, 0.05) is 6.92 Å². The van der Waals surface area contributed by atoms with Crippen LogP contribution in [-0.4, -0.2) is 91.9 Å². The lowest BCUT2D eigenvalue weighted by Gasteiger charge is -2.40. The lowest BCUT2D eigenvalue weighted by molar-refractivity contribution is -0.124. The molecule has 0 spiro atoms. The third kappa shape index (κ3) is 6.58. The molecule has 1 amide bonds. The molecule has 6 N–H and O–H groups in total. The van der Waals surface area contributed by atoms with E-state index in [1.807, 2.05) is 0 Å². The predicted octanol–water partition coefficient (Wildman–Crippen LogP) is -3.15. The zero-order valence-electron chi connectivity index (χ0n) is 16.2. The third-order valence-electron chi connectivity index (χ3n) is 4.08. The van der Waals surface area contributed by atoms with Gasteiger partial charge in [-0.05, 0) is 19.8 Å². The number of guanidine groups is 1. The molecule has 0 saturated carbocycles. The smallest absolute Gasteiger partial charge is 0.490 e. The molecule has 2 aliphatic heterocycles. The lowest BCUT2D eigenvalue weighted by Crippen LogP contribution is -2.64. The van der Waals surface area contributed by atoms with Crippen molar-refractivity contribution in [3.05, 3.63) is 11.8 Å². The minimum Gasteiger partial charge on any atom is -0.490 e. The van der Waals surface area contributed by atoms with Crippen LogP contribution in [-0.2, 0) is 19.0 Å². The number of ether oxygens (including phenoxy) is 3. The van der Waals surface area contributed by atoms with Crippen LogP contribution in [0.5, 0.6) is 0 Å². The highest BCUT2D eigenvalue weighted by atomic mass is 16.8. The van der Waals surface area contributed by atoms with Crippen molar-refractivity contribution in [2.24, 2.45) is 4.90 Å². The molecular weight excluding hydrogens is 385 g/mol. The number of carbonyl (C=O) groups excluding carboxylic acids is 2. The molecule has 12 nitrogen and oxygen atoms in total. The molecule has 0 aliphatic carbocycles. The average molecular weight is 408 g/mol. The molecule has 0 aromatic rings. The van der Waals surface area contributed by atoms with Gasteiger partial charge < -0.3 is 45.2 Å². The molecule has 0 aromatic carbocycles. The van der Waals surface area contributed by atoms with Gasteiger partial charge in [-0.2, -0.15) is 0 Å². The van der Waals surface area contributed by atoms with Gasteiger partial charge in [0.15, 0.2) is 18.2 Å². The Morgan fingerprint density at radius 1 is 1.38 bits per heavy atom. The summed E-state index contributed by atoms with van der Waals surface area (Å²) in [6.45, 7) is 2.68. The Morgan fingerprint density at radius 2 is 2.07 bits per heavy atom. The van der Waals surface area contributed by atoms with Crippen LogP contribution in [0.4, 0.5) is 4.79 Å². The van der Waals surface area contributed by atoms with Crippen LogP contribution in [0.25, 0.3) is 0 Å². The first-order valence-electron chi connectivity index (χ1n) is 8.93. The van der Waals surface area contributed by atoms with Crippen molar-refractivity contribution in [3.63, 3.8) is 0 Å². The fourth-order valence-corrected chi connectivity index (χ4v) is 3.03. The number of nitrogens with zero attached hydrogens (tertiary/aromatic N) is 1. The number of nitrogens with one attached hydrogen (secondary N) is 3. The topological polar surface area (TPSA) is 171 Å². The van der Waals surface area contributed by atoms with Gasteiger partial charge >= 0.3 is 20.1 Å². The number of allylic oxidation sites excluding steroid dienone is 1. The second kappa shape index (κ2) is 9.90. The number of amides is 1. The SMILES string of the molecule is [B]B(O)NC(=NB(C)O)NC1C=C(C)O[C@@H]([C@H](O)C2COC(=O)O2)[C@@H]1NC(C)=O. The van der Waals surface area contributed by atoms with Gasteiger partial charge in [0.2, 0.25) is 5.91 Å². The van der Waals surface area contributed by atoms with Crippen molar-refractivity contribution in [1.29, 1.82) is 0 Å². The normalized spacial score (nSPS) is 27.6. The van der Waals surface area contributed by atoms with Crippen LogP contribution in [0.1, 0.15) is 13.8 Å². The Kier molecular flexibility index (Phi) is 7.82. The zero-order valence-corrected chi connectivity index (χ0v) is 16.2. The monoisotopic (exact) mass is 408 g/mol. The van der Waals surface area contributed by atoms with E-state index >= 15 is 0 Å². The second-order valence-corrected chi connectivity index (χ2v) is 6.66. The summed E-state index contributed by atoms with van der Waals surface area (Å²) >= 11 is 0. The van der Waals surface area contributed by atoms with Gasteiger partial charge in [-0.25, -0.2) is 4.79 Å². The first-order valence-corrected chi connectivity index (χ1v) is 8.93. The molecule has 1 fully saturated rings. The van der Waals surface area contributed by atoms with E-state index in [9.17, 15) is 24.7 Å². The maximum atomic E-state index is 11.8. The van der Waals surface area contributed by atoms with Crippen LogP contribution in [0.3, 0.4) is 0 Å². The molecular formula is C14H23B3N4O8. The van der Waals surface area contributed by atoms with Gasteiger partial charge in [-0.1, -0.05) is 0 Å². The fourth-order valence-electron chi connectivity index (χ4n) is 3.03. The number of hydrogen-bond donors (Lipinski definition) is 6. The Balaban J connectivity index is 2.29. The van der Waals surface area contributed by atoms with E-state index in [0.29, 0.717) is 5.76 Å². The van der Waals surface area contributed by atoms with E-state index in [1.54, 1.807) is 13.0 Å². The third-order valence-corrected chi connectivity index (χ3v) is 4.08. The van der Waals surface area contributed by atoms with Crippen molar-refractivity contribution in [2.75, 3.05) is 6.61 Å². The summed E-state index contributed by atoms with van der Waals surface area (Å²) in [4.78, 5) is 26.9. The summed E-state index contributed by atoms with van der Waals surface area (Å²) < 4.78 is 15.3. The predicted molar refractivity (Wildman–Crippen MR) is 104 cm³/mol. The molecule has 0 aromatic heterocycles. The van der Waals surface area contributed by atoms with Crippen molar-refractivity contribution in [3.8, 4) is 0 Å². The molecule has 2 radical (unpaired) electrons. The van der Waals surface area contributed by atoms with Crippen LogP contribution in [0, 0.1) is 0 Å². The number of cyclic esters (lactones) is 2. The highest BCUT2D eigenvalue weighted by Gasteiger charge is 2.45. The number of aliphatic hydroxyl groups excluding tert-OH is 1. The van der Waals surface area contributed by atoms with Gasteiger partial charge in [-0.15, -0.1) is 0 Å². The highest BCUT2D eigenvalue weighted by Crippen LogP contribution is 2.25. The molecule has 2 heterocycles. The molecule has 29 heavy (non-hydrogen) atoms. The zero-order chi connectivity index (χ0) is 21.7. The van der Waals surface area contributed by atoms with Crippen molar-refractivity contribution < 1.29 is 39.0 Å². The van der Waals surface area contributed by atoms with Gasteiger partial charge in [0.05, 0.1) is 17.8 Å². The average Bonchev–Trinajstić information content (AvgIpc) is 3.01. The quantitative estimate of drug-likeness (QED) is 0.114. The summed E-state index contributed by atoms with van der Waals surface area (Å²) in [7, 11) is 4.20. The van der Waals surface area contributed by atoms with E-state index < -0.39 is 56.4 Å². The first-order chi connectivity index (χ1) is 13.6. The molecule has 1 saturated heterocycles. The minimum atomic E-state index is -1.47. The van der Waals surface area contributed by atoms with Gasteiger partial charge in [0.25, 0.3) is 0 Å². The standard InChI is InChI=1S/C14H23B3N4O8/c1-6-4-8(19-13(20-16(3)25)21-17(15)26)10(18-7(2)22)12(28-6)11(23)9-5-27-14(24)29-9/h4,8-12,23,25-26H,5H2,1-3H3,(H,18,22)(H2,19,20,21)/t8?,9?,10-,11-,12-/m1/s1. The van der Waals surface area contributed by atoms with Crippen molar-refractivity contribution in [2.45, 2.75) is 51.1 Å². The summed E-state index contributed by atoms with van der Waals surface area (Å²) in [5.74, 6) is -0.0516. The Morgan fingerprint density at radius 3 is 2.59 bits per heavy atom. The lowest BCUT2D eigenvalue weighted by atomic mass is 9.59. The summed E-state index contributed by atoms with van der Waals surface area (Å²) in [5.41, 5.74) is 0. The van der Waals surface area contributed by atoms with Crippen LogP contribution in [0.2, 0.25) is 6.82 Å². The van der Waals surface area contributed by atoms with E-state index in [-0.39, 0.29) is 12.6 Å². The van der Waals surface area contributed by atoms with E-state index in [1.165, 1.54) is 13.7 Å². The molecule has 5 atom stereocenters. The van der Waals surface area contributed by atoms with Crippen LogP contribution in [0.15, 0.2) is 16.7 Å². The number of rotatable bonds is 6. The maximum absolute atomic E-state index is 11.8. The van der Waals surface area contributed by atoms with Gasteiger partial charge in [-0.3, -0.25) is 9.70 Å². The number of carbonyl (C=O) groups is 2. The number of aliphatic hydroxyl groups is 1. The Bertz CT molecular complexity index is 677. The molecule has 2 aliphatic rings. The highest BCUT2D eigenvalue weighted by molar-refractivity contribution is 6.98. The summed E-state index contributed by atoms with van der Waals surface area (Å²) in [6.07, 6.45) is -2.61. The second-order valence-electron chi connectivity index (χ2n) is 6.66.